The minimum Gasteiger partial charge on any atom is -0.480 e. The first-order chi connectivity index (χ1) is 8.27. The van der Waals surface area contributed by atoms with E-state index in [9.17, 15) is 4.79 Å². The molecule has 0 aromatic carbocycles. The fourth-order valence-corrected chi connectivity index (χ4v) is 1.98. The number of rotatable bonds is 8. The fourth-order valence-electron chi connectivity index (χ4n) is 1.98. The molecule has 1 heterocycles. The van der Waals surface area contributed by atoms with Crippen LogP contribution in [0.15, 0.2) is 18.7 Å². The number of hydrogen-bond donors (Lipinski definition) is 2. The van der Waals surface area contributed by atoms with E-state index >= 15 is 0 Å². The van der Waals surface area contributed by atoms with Crippen LogP contribution in [0.3, 0.4) is 0 Å². The summed E-state index contributed by atoms with van der Waals surface area (Å²) in [6.45, 7) is 1.73. The van der Waals surface area contributed by atoms with E-state index in [1.807, 2.05) is 10.8 Å². The van der Waals surface area contributed by atoms with Crippen LogP contribution < -0.4 is 5.32 Å². The zero-order valence-corrected chi connectivity index (χ0v) is 9.88. The predicted octanol–water partition coefficient (Wildman–Crippen LogP) is 1.12. The van der Waals surface area contributed by atoms with Gasteiger partial charge in [-0.1, -0.05) is 0 Å². The van der Waals surface area contributed by atoms with Crippen molar-refractivity contribution in [3.63, 3.8) is 0 Å². The summed E-state index contributed by atoms with van der Waals surface area (Å²) in [5, 5.41) is 12.2. The highest BCUT2D eigenvalue weighted by molar-refractivity contribution is 5.74. The summed E-state index contributed by atoms with van der Waals surface area (Å²) in [5.74, 6) is -0.344. The van der Waals surface area contributed by atoms with Crippen LogP contribution in [0, 0.1) is 5.92 Å². The number of carboxylic acid groups (broad SMARTS) is 1. The van der Waals surface area contributed by atoms with Crippen LogP contribution in [-0.4, -0.2) is 33.2 Å². The van der Waals surface area contributed by atoms with Crippen LogP contribution in [0.25, 0.3) is 0 Å². The van der Waals surface area contributed by atoms with Crippen molar-refractivity contribution >= 4 is 5.97 Å². The molecule has 1 aliphatic rings. The lowest BCUT2D eigenvalue weighted by molar-refractivity contribution is -0.140. The third-order valence-electron chi connectivity index (χ3n) is 3.13. The average Bonchev–Trinajstić information content (AvgIpc) is 2.99. The van der Waals surface area contributed by atoms with Gasteiger partial charge in [0.15, 0.2) is 0 Å². The summed E-state index contributed by atoms with van der Waals surface area (Å²) in [7, 11) is 0. The van der Waals surface area contributed by atoms with Crippen molar-refractivity contribution in [2.45, 2.75) is 38.3 Å². The first-order valence-electron chi connectivity index (χ1n) is 6.19. The molecule has 1 unspecified atom stereocenters. The molecule has 1 aromatic heterocycles. The number of aryl methyl sites for hydroxylation is 1. The lowest BCUT2D eigenvalue weighted by Gasteiger charge is -2.13. The molecule has 2 N–H and O–H groups in total. The van der Waals surface area contributed by atoms with E-state index in [1.54, 1.807) is 12.5 Å². The molecule has 1 aromatic rings. The van der Waals surface area contributed by atoms with Gasteiger partial charge in [-0.3, -0.25) is 4.79 Å². The Morgan fingerprint density at radius 1 is 1.53 bits per heavy atom. The molecule has 5 heteroatoms. The maximum absolute atomic E-state index is 11.0. The molecule has 94 valence electrons. The summed E-state index contributed by atoms with van der Waals surface area (Å²) in [6, 6.07) is -0.330. The molecule has 0 radical (unpaired) electrons. The molecule has 2 rings (SSSR count). The van der Waals surface area contributed by atoms with Crippen LogP contribution >= 0.6 is 0 Å². The van der Waals surface area contributed by atoms with Crippen molar-refractivity contribution in [1.82, 2.24) is 14.9 Å². The molecule has 1 fully saturated rings. The molecule has 0 amide bonds. The summed E-state index contributed by atoms with van der Waals surface area (Å²) in [6.07, 6.45) is 9.66. The zero-order chi connectivity index (χ0) is 12.1. The number of nitrogens with zero attached hydrogens (tertiary/aromatic N) is 2. The fraction of sp³-hybridized carbons (Fsp3) is 0.667. The van der Waals surface area contributed by atoms with Crippen LogP contribution in [0.1, 0.15) is 25.7 Å². The highest BCUT2D eigenvalue weighted by Crippen LogP contribution is 2.32. The lowest BCUT2D eigenvalue weighted by Crippen LogP contribution is -2.39. The third kappa shape index (κ3) is 3.85. The predicted molar refractivity (Wildman–Crippen MR) is 63.6 cm³/mol. The normalized spacial score (nSPS) is 16.9. The number of hydrogen-bond acceptors (Lipinski definition) is 3. The second-order valence-corrected chi connectivity index (χ2v) is 4.62. The molecule has 1 aliphatic carbocycles. The maximum Gasteiger partial charge on any atom is 0.320 e. The average molecular weight is 237 g/mol. The number of carbonyl (C=O) groups is 1. The van der Waals surface area contributed by atoms with E-state index in [0.29, 0.717) is 5.92 Å². The van der Waals surface area contributed by atoms with Gasteiger partial charge in [-0.25, -0.2) is 4.98 Å². The molecular formula is C12H19N3O2. The van der Waals surface area contributed by atoms with Crippen LogP contribution in [-0.2, 0) is 11.3 Å². The first kappa shape index (κ1) is 12.1. The second kappa shape index (κ2) is 5.82. The molecule has 0 saturated heterocycles. The first-order valence-corrected chi connectivity index (χ1v) is 6.19. The van der Waals surface area contributed by atoms with Crippen LogP contribution in [0.2, 0.25) is 0 Å². The van der Waals surface area contributed by atoms with E-state index in [0.717, 1.165) is 38.8 Å². The highest BCUT2D eigenvalue weighted by atomic mass is 16.4. The van der Waals surface area contributed by atoms with E-state index < -0.39 is 5.97 Å². The van der Waals surface area contributed by atoms with Gasteiger partial charge in [0, 0.05) is 18.9 Å². The summed E-state index contributed by atoms with van der Waals surface area (Å²) in [5.41, 5.74) is 0. The van der Waals surface area contributed by atoms with Gasteiger partial charge in [-0.05, 0) is 38.1 Å². The maximum atomic E-state index is 11.0. The Labute approximate surface area is 101 Å². The molecule has 5 nitrogen and oxygen atoms in total. The Morgan fingerprint density at radius 3 is 2.94 bits per heavy atom. The van der Waals surface area contributed by atoms with Gasteiger partial charge in [-0.15, -0.1) is 0 Å². The molecule has 1 saturated carbocycles. The number of aliphatic carboxylic acids is 1. The quantitative estimate of drug-likeness (QED) is 0.665. The number of unbranched alkanes of at least 4 members (excludes halogenated alkanes) is 1. The molecular weight excluding hydrogens is 218 g/mol. The van der Waals surface area contributed by atoms with Crippen molar-refractivity contribution in [3.05, 3.63) is 18.7 Å². The van der Waals surface area contributed by atoms with Crippen molar-refractivity contribution in [2.24, 2.45) is 5.92 Å². The van der Waals surface area contributed by atoms with Gasteiger partial charge in [-0.2, -0.15) is 0 Å². The monoisotopic (exact) mass is 237 g/mol. The van der Waals surface area contributed by atoms with Gasteiger partial charge in [0.2, 0.25) is 0 Å². The van der Waals surface area contributed by atoms with Crippen molar-refractivity contribution in [1.29, 1.82) is 0 Å². The Bertz CT molecular complexity index is 347. The van der Waals surface area contributed by atoms with E-state index in [1.165, 1.54) is 0 Å². The standard InChI is InChI=1S/C12H19N3O2/c16-12(17)11(10-3-4-10)14-5-1-2-7-15-8-6-13-9-15/h6,8-11,14H,1-5,7H2,(H,16,17). The number of aromatic nitrogens is 2. The highest BCUT2D eigenvalue weighted by Gasteiger charge is 2.35. The van der Waals surface area contributed by atoms with Gasteiger partial charge in [0.25, 0.3) is 0 Å². The molecule has 17 heavy (non-hydrogen) atoms. The SMILES string of the molecule is O=C(O)C(NCCCCn1ccnc1)C1CC1. The minimum absolute atomic E-state index is 0.330. The number of imidazole rings is 1. The summed E-state index contributed by atoms with van der Waals surface area (Å²) in [4.78, 5) is 14.9. The van der Waals surface area contributed by atoms with Crippen molar-refractivity contribution in [3.8, 4) is 0 Å². The zero-order valence-electron chi connectivity index (χ0n) is 9.88. The molecule has 1 atom stereocenters. The topological polar surface area (TPSA) is 67.2 Å². The van der Waals surface area contributed by atoms with Gasteiger partial charge < -0.3 is 15.0 Å². The minimum atomic E-state index is -0.706. The van der Waals surface area contributed by atoms with E-state index in [4.69, 9.17) is 5.11 Å². The molecule has 0 aliphatic heterocycles. The largest absolute Gasteiger partial charge is 0.480 e. The second-order valence-electron chi connectivity index (χ2n) is 4.62. The van der Waals surface area contributed by atoms with Gasteiger partial charge in [0.1, 0.15) is 6.04 Å². The third-order valence-corrected chi connectivity index (χ3v) is 3.13. The van der Waals surface area contributed by atoms with Crippen molar-refractivity contribution in [2.75, 3.05) is 6.54 Å². The van der Waals surface area contributed by atoms with Crippen molar-refractivity contribution < 1.29 is 9.90 Å². The Kier molecular flexibility index (Phi) is 4.14. The van der Waals surface area contributed by atoms with Gasteiger partial charge in [0.05, 0.1) is 6.33 Å². The van der Waals surface area contributed by atoms with Gasteiger partial charge >= 0.3 is 5.97 Å². The summed E-state index contributed by atoms with van der Waals surface area (Å²) < 4.78 is 2.04. The Balaban J connectivity index is 1.57. The lowest BCUT2D eigenvalue weighted by atomic mass is 10.2. The molecule has 0 spiro atoms. The Morgan fingerprint density at radius 2 is 2.35 bits per heavy atom. The molecule has 0 bridgehead atoms. The smallest absolute Gasteiger partial charge is 0.320 e. The van der Waals surface area contributed by atoms with Crippen LogP contribution in [0.4, 0.5) is 0 Å². The van der Waals surface area contributed by atoms with E-state index in [2.05, 4.69) is 10.3 Å². The van der Waals surface area contributed by atoms with Crippen LogP contribution in [0.5, 0.6) is 0 Å². The Hall–Kier alpha value is -1.36. The number of nitrogens with one attached hydrogen (secondary N) is 1. The summed E-state index contributed by atoms with van der Waals surface area (Å²) >= 11 is 0. The number of carboxylic acids is 1. The van der Waals surface area contributed by atoms with E-state index in [-0.39, 0.29) is 6.04 Å².